The summed E-state index contributed by atoms with van der Waals surface area (Å²) in [7, 11) is 1.63. The van der Waals surface area contributed by atoms with Crippen LogP contribution in [0.4, 0.5) is 0 Å². The number of nitrogens with zero attached hydrogens (tertiary/aromatic N) is 3. The number of hydrogen-bond acceptors (Lipinski definition) is 7. The number of rotatable bonds is 8. The summed E-state index contributed by atoms with van der Waals surface area (Å²) in [6.45, 7) is 9.18. The Morgan fingerprint density at radius 1 is 1.11 bits per heavy atom. The predicted octanol–water partition coefficient (Wildman–Crippen LogP) is 4.24. The van der Waals surface area contributed by atoms with Crippen molar-refractivity contribution >= 4 is 16.9 Å². The Hall–Kier alpha value is -3.00. The van der Waals surface area contributed by atoms with Crippen molar-refractivity contribution < 1.29 is 19.4 Å². The molecule has 1 fully saturated rings. The van der Waals surface area contributed by atoms with E-state index in [1.165, 1.54) is 5.56 Å². The number of benzene rings is 2. The molecule has 3 aromatic rings. The predicted molar refractivity (Wildman–Crippen MR) is 146 cm³/mol. The number of carbonyl (C=O) groups excluding carboxylic acids is 1. The largest absolute Gasteiger partial charge is 0.497 e. The van der Waals surface area contributed by atoms with E-state index in [2.05, 4.69) is 26.9 Å². The van der Waals surface area contributed by atoms with E-state index in [1.54, 1.807) is 13.3 Å². The summed E-state index contributed by atoms with van der Waals surface area (Å²) in [5.41, 5.74) is 2.37. The molecular weight excluding hydrogens is 466 g/mol. The summed E-state index contributed by atoms with van der Waals surface area (Å²) in [5, 5.41) is 12.1. The molecule has 2 aromatic carbocycles. The van der Waals surface area contributed by atoms with E-state index < -0.39 is 11.7 Å². The second kappa shape index (κ2) is 12.0. The van der Waals surface area contributed by atoms with Gasteiger partial charge in [-0.15, -0.1) is 0 Å². The Morgan fingerprint density at radius 2 is 1.89 bits per heavy atom. The van der Waals surface area contributed by atoms with Crippen molar-refractivity contribution in [1.29, 1.82) is 0 Å². The van der Waals surface area contributed by atoms with Gasteiger partial charge in [0.2, 0.25) is 0 Å². The normalized spacial score (nSPS) is 18.4. The number of hydrogen-bond donors (Lipinski definition) is 1. The van der Waals surface area contributed by atoms with Crippen molar-refractivity contribution in [1.82, 2.24) is 14.8 Å². The van der Waals surface area contributed by atoms with Gasteiger partial charge in [0.05, 0.1) is 18.7 Å². The summed E-state index contributed by atoms with van der Waals surface area (Å²) in [6.07, 6.45) is 2.57. The van der Waals surface area contributed by atoms with Gasteiger partial charge in [-0.2, -0.15) is 0 Å². The number of β-amino-alcohol motifs (C(OH)–C–C–N with tert-alkyl or cyclic N) is 1. The minimum Gasteiger partial charge on any atom is -0.497 e. The molecule has 7 nitrogen and oxygen atoms in total. The molecule has 0 aliphatic carbocycles. The number of aliphatic hydroxyl groups excluding tert-OH is 1. The molecule has 0 saturated carbocycles. The lowest BCUT2D eigenvalue weighted by molar-refractivity contribution is -0.161. The smallest absolute Gasteiger partial charge is 0.323 e. The topological polar surface area (TPSA) is 75.1 Å². The second-order valence-electron chi connectivity index (χ2n) is 10.7. The summed E-state index contributed by atoms with van der Waals surface area (Å²) in [5.74, 6) is 0.563. The molecule has 0 spiro atoms. The summed E-state index contributed by atoms with van der Waals surface area (Å²) in [4.78, 5) is 22.1. The lowest BCUT2D eigenvalue weighted by Crippen LogP contribution is -2.45. The molecule has 1 aromatic heterocycles. The first kappa shape index (κ1) is 27.0. The molecule has 198 valence electrons. The molecule has 0 bridgehead atoms. The molecule has 2 unspecified atom stereocenters. The molecule has 2 atom stereocenters. The van der Waals surface area contributed by atoms with Crippen molar-refractivity contribution in [2.45, 2.75) is 51.4 Å². The Labute approximate surface area is 220 Å². The highest BCUT2D eigenvalue weighted by atomic mass is 16.6. The number of aromatic nitrogens is 1. The summed E-state index contributed by atoms with van der Waals surface area (Å²) < 4.78 is 11.2. The molecule has 1 aliphatic heterocycles. The Bertz CT molecular complexity index is 1180. The fourth-order valence-electron chi connectivity index (χ4n) is 4.94. The first-order chi connectivity index (χ1) is 17.7. The third kappa shape index (κ3) is 7.28. The number of esters is 1. The van der Waals surface area contributed by atoms with Gasteiger partial charge >= 0.3 is 5.97 Å². The van der Waals surface area contributed by atoms with E-state index in [9.17, 15) is 9.90 Å². The molecule has 0 radical (unpaired) electrons. The zero-order valence-corrected chi connectivity index (χ0v) is 22.4. The average molecular weight is 506 g/mol. The van der Waals surface area contributed by atoms with Crippen LogP contribution in [0.15, 0.2) is 60.8 Å². The first-order valence-corrected chi connectivity index (χ1v) is 13.1. The third-order valence-corrected chi connectivity index (χ3v) is 6.84. The highest BCUT2D eigenvalue weighted by Crippen LogP contribution is 2.28. The summed E-state index contributed by atoms with van der Waals surface area (Å²) in [6, 6.07) is 17.6. The minimum absolute atomic E-state index is 0.171. The van der Waals surface area contributed by atoms with E-state index in [1.807, 2.05) is 63.2 Å². The maximum absolute atomic E-state index is 13.2. The van der Waals surface area contributed by atoms with Gasteiger partial charge in [0.25, 0.3) is 0 Å². The van der Waals surface area contributed by atoms with Gasteiger partial charge in [-0.1, -0.05) is 30.3 Å². The lowest BCUT2D eigenvalue weighted by Gasteiger charge is -2.30. The molecule has 1 saturated heterocycles. The van der Waals surface area contributed by atoms with Crippen LogP contribution in [0.25, 0.3) is 10.9 Å². The molecule has 0 amide bonds. The number of ether oxygens (including phenoxy) is 2. The third-order valence-electron chi connectivity index (χ3n) is 6.84. The van der Waals surface area contributed by atoms with Crippen molar-refractivity contribution in [2.24, 2.45) is 0 Å². The first-order valence-electron chi connectivity index (χ1n) is 13.1. The van der Waals surface area contributed by atoms with E-state index in [4.69, 9.17) is 9.47 Å². The van der Waals surface area contributed by atoms with Crippen molar-refractivity contribution in [3.05, 3.63) is 71.9 Å². The van der Waals surface area contributed by atoms with Gasteiger partial charge in [-0.05, 0) is 69.0 Å². The van der Waals surface area contributed by atoms with Crippen LogP contribution >= 0.6 is 0 Å². The standard InChI is InChI=1S/C30H39N3O4/c1-30(2,3)37-29(35)27-14-16-32(18-19-33(27)17-13-22-8-6-5-7-9-22)21-28(34)24-12-15-31-26-11-10-23(36-4)20-25(24)26/h5-12,15,20,27-28,34H,13-14,16-19,21H2,1-4H3. The van der Waals surface area contributed by atoms with Crippen LogP contribution in [0.3, 0.4) is 0 Å². The van der Waals surface area contributed by atoms with Gasteiger partial charge in [-0.3, -0.25) is 19.6 Å². The second-order valence-corrected chi connectivity index (χ2v) is 10.7. The van der Waals surface area contributed by atoms with Gasteiger partial charge < -0.3 is 14.6 Å². The Kier molecular flexibility index (Phi) is 8.79. The highest BCUT2D eigenvalue weighted by Gasteiger charge is 2.33. The van der Waals surface area contributed by atoms with Crippen LogP contribution < -0.4 is 4.74 Å². The lowest BCUT2D eigenvalue weighted by atomic mass is 10.0. The van der Waals surface area contributed by atoms with Gasteiger partial charge in [-0.25, -0.2) is 0 Å². The molecule has 2 heterocycles. The van der Waals surface area contributed by atoms with Crippen molar-refractivity contribution in [3.8, 4) is 5.75 Å². The van der Waals surface area contributed by atoms with E-state index in [0.717, 1.165) is 48.3 Å². The van der Waals surface area contributed by atoms with Gasteiger partial charge in [0, 0.05) is 44.3 Å². The molecular formula is C30H39N3O4. The Morgan fingerprint density at radius 3 is 2.62 bits per heavy atom. The van der Waals surface area contributed by atoms with Crippen LogP contribution in [-0.2, 0) is 16.0 Å². The van der Waals surface area contributed by atoms with Gasteiger partial charge in [0.1, 0.15) is 17.4 Å². The van der Waals surface area contributed by atoms with E-state index in [-0.39, 0.29) is 12.0 Å². The van der Waals surface area contributed by atoms with Crippen LogP contribution in [0.5, 0.6) is 5.75 Å². The fraction of sp³-hybridized carbons (Fsp3) is 0.467. The molecule has 4 rings (SSSR count). The minimum atomic E-state index is -0.687. The molecule has 7 heteroatoms. The Balaban J connectivity index is 1.48. The molecule has 1 N–H and O–H groups in total. The zero-order chi connectivity index (χ0) is 26.4. The van der Waals surface area contributed by atoms with Crippen LogP contribution in [0, 0.1) is 0 Å². The SMILES string of the molecule is COc1ccc2nccc(C(O)CN3CCC(C(=O)OC(C)(C)C)N(CCc4ccccc4)CC3)c2c1. The maximum atomic E-state index is 13.2. The van der Waals surface area contributed by atoms with E-state index in [0.29, 0.717) is 19.5 Å². The number of methoxy groups -OCH3 is 1. The van der Waals surface area contributed by atoms with Crippen LogP contribution in [-0.4, -0.2) is 77.3 Å². The number of pyridine rings is 1. The molecule has 1 aliphatic rings. The van der Waals surface area contributed by atoms with Crippen molar-refractivity contribution in [2.75, 3.05) is 39.8 Å². The van der Waals surface area contributed by atoms with E-state index >= 15 is 0 Å². The van der Waals surface area contributed by atoms with Gasteiger partial charge in [0.15, 0.2) is 0 Å². The van der Waals surface area contributed by atoms with Crippen LogP contribution in [0.1, 0.15) is 44.4 Å². The summed E-state index contributed by atoms with van der Waals surface area (Å²) >= 11 is 0. The van der Waals surface area contributed by atoms with Crippen LogP contribution in [0.2, 0.25) is 0 Å². The average Bonchev–Trinajstić information content (AvgIpc) is 3.08. The maximum Gasteiger partial charge on any atom is 0.323 e. The molecule has 37 heavy (non-hydrogen) atoms. The number of fused-ring (bicyclic) bond motifs is 1. The fourth-order valence-corrected chi connectivity index (χ4v) is 4.94. The quantitative estimate of drug-likeness (QED) is 0.459. The van der Waals surface area contributed by atoms with Crippen molar-refractivity contribution in [3.63, 3.8) is 0 Å². The zero-order valence-electron chi connectivity index (χ0n) is 22.4. The monoisotopic (exact) mass is 505 g/mol. The number of aliphatic hydroxyl groups is 1. The number of carbonyl (C=O) groups is 1. The highest BCUT2D eigenvalue weighted by molar-refractivity contribution is 5.83.